The van der Waals surface area contributed by atoms with Gasteiger partial charge in [0.1, 0.15) is 4.87 Å². The highest BCUT2D eigenvalue weighted by molar-refractivity contribution is 8.15. The minimum atomic E-state index is -0.159. The van der Waals surface area contributed by atoms with Crippen LogP contribution in [-0.2, 0) is 0 Å². The number of rotatable bonds is 1. The number of benzene rings is 1. The fourth-order valence-corrected chi connectivity index (χ4v) is 1.85. The van der Waals surface area contributed by atoms with E-state index in [0.29, 0.717) is 0 Å². The summed E-state index contributed by atoms with van der Waals surface area (Å²) in [5, 5.41) is 8.86. The van der Waals surface area contributed by atoms with Crippen LogP contribution in [0.2, 0.25) is 0 Å². The zero-order valence-corrected chi connectivity index (χ0v) is 8.95. The van der Waals surface area contributed by atoms with Crippen molar-refractivity contribution in [1.29, 1.82) is 0 Å². The second-order valence-corrected chi connectivity index (χ2v) is 5.05. The molecule has 2 rings (SSSR count). The van der Waals surface area contributed by atoms with Crippen molar-refractivity contribution in [2.75, 3.05) is 0 Å². The summed E-state index contributed by atoms with van der Waals surface area (Å²) in [6.45, 7) is 4.04. The molecule has 0 amide bonds. The number of hydrogen-bond donors (Lipinski definition) is 0. The minimum absolute atomic E-state index is 0.159. The van der Waals surface area contributed by atoms with Gasteiger partial charge in [0, 0.05) is 0 Å². The Morgan fingerprint density at radius 2 is 1.93 bits per heavy atom. The molecule has 0 spiro atoms. The van der Waals surface area contributed by atoms with Gasteiger partial charge >= 0.3 is 0 Å². The van der Waals surface area contributed by atoms with Crippen LogP contribution in [0.25, 0.3) is 0 Å². The van der Waals surface area contributed by atoms with Crippen LogP contribution >= 0.6 is 11.8 Å². The topological polar surface area (TPSA) is 37.1 Å². The zero-order valence-electron chi connectivity index (χ0n) is 8.14. The zero-order chi connectivity index (χ0) is 10.0. The Morgan fingerprint density at radius 1 is 1.21 bits per heavy atom. The van der Waals surface area contributed by atoms with Gasteiger partial charge in [-0.3, -0.25) is 0 Å². The molecule has 0 radical (unpaired) electrons. The minimum Gasteiger partial charge on any atom is -0.222 e. The molecule has 72 valence electrons. The molecule has 0 saturated carbocycles. The Labute approximate surface area is 87.4 Å². The highest BCUT2D eigenvalue weighted by atomic mass is 32.2. The van der Waals surface area contributed by atoms with E-state index in [1.165, 1.54) is 0 Å². The highest BCUT2D eigenvalue weighted by Crippen LogP contribution is 2.35. The number of hydrogen-bond acceptors (Lipinski definition) is 3. The Kier molecular flexibility index (Phi) is 2.37. The van der Waals surface area contributed by atoms with Crippen LogP contribution in [0.5, 0.6) is 0 Å². The molecule has 14 heavy (non-hydrogen) atoms. The molecule has 0 saturated heterocycles. The SMILES string of the molecule is CC1(C)N=NC(=Nc2ccccc2)S1. The van der Waals surface area contributed by atoms with E-state index < -0.39 is 0 Å². The van der Waals surface area contributed by atoms with Gasteiger partial charge in [-0.15, -0.1) is 5.11 Å². The molecule has 0 aliphatic carbocycles. The summed E-state index contributed by atoms with van der Waals surface area (Å²) in [5.74, 6) is 0. The van der Waals surface area contributed by atoms with E-state index in [9.17, 15) is 0 Å². The second-order valence-electron chi connectivity index (χ2n) is 3.48. The maximum Gasteiger partial charge on any atom is 0.211 e. The van der Waals surface area contributed by atoms with Crippen LogP contribution in [0.4, 0.5) is 5.69 Å². The van der Waals surface area contributed by atoms with Crippen molar-refractivity contribution in [3.63, 3.8) is 0 Å². The third kappa shape index (κ3) is 2.20. The number of nitrogens with zero attached hydrogens (tertiary/aromatic N) is 3. The normalized spacial score (nSPS) is 21.7. The van der Waals surface area contributed by atoms with Gasteiger partial charge in [0.15, 0.2) is 0 Å². The van der Waals surface area contributed by atoms with Crippen molar-refractivity contribution in [2.24, 2.45) is 15.2 Å². The Morgan fingerprint density at radius 3 is 2.50 bits per heavy atom. The number of para-hydroxylation sites is 1. The fourth-order valence-electron chi connectivity index (χ4n) is 1.09. The molecule has 1 aliphatic heterocycles. The maximum absolute atomic E-state index is 4.37. The molecule has 0 aromatic heterocycles. The first-order valence-corrected chi connectivity index (χ1v) is 5.23. The van der Waals surface area contributed by atoms with Crippen LogP contribution < -0.4 is 0 Å². The van der Waals surface area contributed by atoms with Gasteiger partial charge in [-0.2, -0.15) is 5.11 Å². The lowest BCUT2D eigenvalue weighted by atomic mass is 10.3. The first-order valence-electron chi connectivity index (χ1n) is 4.41. The van der Waals surface area contributed by atoms with E-state index in [1.807, 2.05) is 44.2 Å². The maximum atomic E-state index is 4.37. The van der Waals surface area contributed by atoms with E-state index in [4.69, 9.17) is 0 Å². The van der Waals surface area contributed by atoms with Gasteiger partial charge in [0.25, 0.3) is 0 Å². The summed E-state index contributed by atoms with van der Waals surface area (Å²) in [6, 6.07) is 9.79. The van der Waals surface area contributed by atoms with Crippen LogP contribution in [0.15, 0.2) is 45.6 Å². The molecule has 4 heteroatoms. The first-order chi connectivity index (χ1) is 6.66. The highest BCUT2D eigenvalue weighted by Gasteiger charge is 2.26. The molecule has 0 N–H and O–H groups in total. The average Bonchev–Trinajstić information content (AvgIpc) is 2.47. The van der Waals surface area contributed by atoms with Crippen molar-refractivity contribution in [3.8, 4) is 0 Å². The predicted octanol–water partition coefficient (Wildman–Crippen LogP) is 3.61. The summed E-state index contributed by atoms with van der Waals surface area (Å²) in [4.78, 5) is 4.21. The van der Waals surface area contributed by atoms with Gasteiger partial charge in [0.05, 0.1) is 5.69 Å². The van der Waals surface area contributed by atoms with E-state index in [1.54, 1.807) is 11.8 Å². The molecule has 0 fully saturated rings. The summed E-state index contributed by atoms with van der Waals surface area (Å²) >= 11 is 1.58. The number of aliphatic imine (C=N–C) groups is 1. The van der Waals surface area contributed by atoms with E-state index in [2.05, 4.69) is 15.2 Å². The van der Waals surface area contributed by atoms with Crippen LogP contribution in [0, 0.1) is 0 Å². The first kappa shape index (κ1) is 9.40. The van der Waals surface area contributed by atoms with E-state index >= 15 is 0 Å². The molecule has 3 nitrogen and oxygen atoms in total. The molecule has 0 unspecified atom stereocenters. The van der Waals surface area contributed by atoms with Crippen molar-refractivity contribution >= 4 is 22.6 Å². The summed E-state index contributed by atoms with van der Waals surface area (Å²) in [5.41, 5.74) is 0.923. The predicted molar refractivity (Wildman–Crippen MR) is 60.1 cm³/mol. The van der Waals surface area contributed by atoms with Gasteiger partial charge in [-0.05, 0) is 26.0 Å². The molecule has 1 aromatic rings. The van der Waals surface area contributed by atoms with Crippen molar-refractivity contribution in [1.82, 2.24) is 0 Å². The van der Waals surface area contributed by atoms with Crippen molar-refractivity contribution in [2.45, 2.75) is 18.7 Å². The number of amidine groups is 1. The van der Waals surface area contributed by atoms with Crippen LogP contribution in [0.1, 0.15) is 13.8 Å². The van der Waals surface area contributed by atoms with Crippen molar-refractivity contribution < 1.29 is 0 Å². The van der Waals surface area contributed by atoms with E-state index in [-0.39, 0.29) is 4.87 Å². The summed E-state index contributed by atoms with van der Waals surface area (Å²) < 4.78 is 0. The molecule has 1 heterocycles. The van der Waals surface area contributed by atoms with E-state index in [0.717, 1.165) is 10.9 Å². The third-order valence-electron chi connectivity index (χ3n) is 1.70. The Bertz CT molecular complexity index is 382. The number of azo groups is 1. The summed E-state index contributed by atoms with van der Waals surface area (Å²) in [7, 11) is 0. The summed E-state index contributed by atoms with van der Waals surface area (Å²) in [6.07, 6.45) is 0. The molecular weight excluding hydrogens is 194 g/mol. The molecule has 0 bridgehead atoms. The monoisotopic (exact) mass is 205 g/mol. The Balaban J connectivity index is 2.19. The molecule has 0 atom stereocenters. The lowest BCUT2D eigenvalue weighted by molar-refractivity contribution is 0.734. The average molecular weight is 205 g/mol. The third-order valence-corrected chi connectivity index (χ3v) is 2.64. The molecular formula is C10H11N3S. The number of thioether (sulfide) groups is 1. The van der Waals surface area contributed by atoms with Crippen LogP contribution in [0.3, 0.4) is 0 Å². The lowest BCUT2D eigenvalue weighted by Gasteiger charge is -2.06. The van der Waals surface area contributed by atoms with Crippen molar-refractivity contribution in [3.05, 3.63) is 30.3 Å². The molecule has 1 aliphatic rings. The van der Waals surface area contributed by atoms with Gasteiger partial charge in [0.2, 0.25) is 5.17 Å². The standard InChI is InChI=1S/C10H11N3S/c1-10(2)13-12-9(14-10)11-8-6-4-3-5-7-8/h3-7H,1-2H3. The molecule has 1 aromatic carbocycles. The largest absolute Gasteiger partial charge is 0.222 e. The van der Waals surface area contributed by atoms with Gasteiger partial charge < -0.3 is 0 Å². The van der Waals surface area contributed by atoms with Gasteiger partial charge in [-0.1, -0.05) is 30.0 Å². The van der Waals surface area contributed by atoms with Crippen LogP contribution in [-0.4, -0.2) is 10.0 Å². The second kappa shape index (κ2) is 3.53. The quantitative estimate of drug-likeness (QED) is 0.690. The lowest BCUT2D eigenvalue weighted by Crippen LogP contribution is -2.05. The fraction of sp³-hybridized carbons (Fsp3) is 0.300. The smallest absolute Gasteiger partial charge is 0.211 e. The Hall–Kier alpha value is -1.16. The van der Waals surface area contributed by atoms with Gasteiger partial charge in [-0.25, -0.2) is 4.99 Å².